The van der Waals surface area contributed by atoms with Gasteiger partial charge in [-0.2, -0.15) is 0 Å². The van der Waals surface area contributed by atoms with Gasteiger partial charge in [0.1, 0.15) is 0 Å². The van der Waals surface area contributed by atoms with Crippen LogP contribution in [0.3, 0.4) is 0 Å². The molecule has 2 unspecified atom stereocenters. The monoisotopic (exact) mass is 302 g/mol. The minimum absolute atomic E-state index is 0.133. The Bertz CT molecular complexity index is 517. The van der Waals surface area contributed by atoms with Crippen molar-refractivity contribution in [2.24, 2.45) is 0 Å². The van der Waals surface area contributed by atoms with Gasteiger partial charge in [-0.25, -0.2) is 0 Å². The number of aliphatic hydroxyl groups is 1. The number of likely N-dealkylation sites (N-methyl/N-ethyl adjacent to an activating group) is 1. The fourth-order valence-electron chi connectivity index (χ4n) is 4.69. The molecule has 3 saturated heterocycles. The minimum Gasteiger partial charge on any atom is -0.392 e. The number of piperazine rings is 1. The Morgan fingerprint density at radius 2 is 2.09 bits per heavy atom. The molecule has 3 aliphatic rings. The quantitative estimate of drug-likeness (QED) is 0.876. The van der Waals surface area contributed by atoms with Crippen LogP contribution >= 0.6 is 0 Å². The highest BCUT2D eigenvalue weighted by atomic mass is 16.3. The van der Waals surface area contributed by atoms with Gasteiger partial charge in [0, 0.05) is 57.7 Å². The minimum atomic E-state index is -0.133. The first-order valence-electron chi connectivity index (χ1n) is 8.47. The molecule has 4 heterocycles. The molecule has 0 amide bonds. The molecule has 0 radical (unpaired) electrons. The standard InChI is InChI=1S/C17H26N4O/c1-2-19-9-15-6-16(22)10-21(15)17(11-19)12-20(13-17)8-14-4-3-5-18-7-14/h3-5,7,15-16,22H,2,6,8-13H2,1H3. The number of hydrogen-bond acceptors (Lipinski definition) is 5. The Kier molecular flexibility index (Phi) is 3.69. The van der Waals surface area contributed by atoms with E-state index in [1.54, 1.807) is 0 Å². The van der Waals surface area contributed by atoms with E-state index in [2.05, 4.69) is 32.7 Å². The highest BCUT2D eigenvalue weighted by Crippen LogP contribution is 2.39. The van der Waals surface area contributed by atoms with Crippen LogP contribution in [0.2, 0.25) is 0 Å². The molecule has 4 rings (SSSR count). The van der Waals surface area contributed by atoms with Gasteiger partial charge in [-0.05, 0) is 24.6 Å². The van der Waals surface area contributed by atoms with Gasteiger partial charge in [0.15, 0.2) is 0 Å². The second-order valence-electron chi connectivity index (χ2n) is 7.25. The number of fused-ring (bicyclic) bond motifs is 2. The molecular formula is C17H26N4O. The van der Waals surface area contributed by atoms with E-state index in [-0.39, 0.29) is 11.6 Å². The topological polar surface area (TPSA) is 42.8 Å². The van der Waals surface area contributed by atoms with Crippen LogP contribution < -0.4 is 0 Å². The zero-order valence-electron chi connectivity index (χ0n) is 13.4. The lowest BCUT2D eigenvalue weighted by molar-refractivity contribution is -0.115. The van der Waals surface area contributed by atoms with Gasteiger partial charge >= 0.3 is 0 Å². The maximum atomic E-state index is 10.1. The molecule has 1 spiro atoms. The van der Waals surface area contributed by atoms with Crippen molar-refractivity contribution in [3.8, 4) is 0 Å². The normalized spacial score (nSPS) is 32.1. The van der Waals surface area contributed by atoms with Crippen LogP contribution in [0.4, 0.5) is 0 Å². The molecule has 2 atom stereocenters. The predicted octanol–water partition coefficient (Wildman–Crippen LogP) is 0.407. The van der Waals surface area contributed by atoms with Crippen molar-refractivity contribution in [2.45, 2.75) is 37.6 Å². The van der Waals surface area contributed by atoms with Crippen molar-refractivity contribution < 1.29 is 5.11 Å². The van der Waals surface area contributed by atoms with E-state index in [1.807, 2.05) is 18.5 Å². The highest BCUT2D eigenvalue weighted by molar-refractivity contribution is 5.16. The second kappa shape index (κ2) is 5.57. The molecule has 1 N–H and O–H groups in total. The number of β-amino-alcohol motifs (C(OH)–C–C–N with tert-alkyl or cyclic N) is 1. The van der Waals surface area contributed by atoms with E-state index in [9.17, 15) is 5.11 Å². The average Bonchev–Trinajstić information content (AvgIpc) is 2.87. The van der Waals surface area contributed by atoms with Crippen molar-refractivity contribution >= 4 is 0 Å². The summed E-state index contributed by atoms with van der Waals surface area (Å²) >= 11 is 0. The molecule has 3 fully saturated rings. The lowest BCUT2D eigenvalue weighted by Gasteiger charge is -2.61. The average molecular weight is 302 g/mol. The first-order valence-corrected chi connectivity index (χ1v) is 8.47. The maximum Gasteiger partial charge on any atom is 0.0682 e. The summed E-state index contributed by atoms with van der Waals surface area (Å²) in [6, 6.07) is 4.71. The molecule has 120 valence electrons. The third-order valence-electron chi connectivity index (χ3n) is 5.60. The van der Waals surface area contributed by atoms with Crippen LogP contribution in [0.1, 0.15) is 18.9 Å². The van der Waals surface area contributed by atoms with Gasteiger partial charge < -0.3 is 10.0 Å². The molecule has 0 aliphatic carbocycles. The number of nitrogens with zero attached hydrogens (tertiary/aromatic N) is 4. The highest BCUT2D eigenvalue weighted by Gasteiger charge is 2.55. The summed E-state index contributed by atoms with van der Waals surface area (Å²) in [5, 5.41) is 10.1. The first kappa shape index (κ1) is 14.6. The van der Waals surface area contributed by atoms with Crippen LogP contribution in [0, 0.1) is 0 Å². The van der Waals surface area contributed by atoms with Crippen molar-refractivity contribution in [1.82, 2.24) is 19.7 Å². The van der Waals surface area contributed by atoms with Gasteiger partial charge in [-0.1, -0.05) is 13.0 Å². The Morgan fingerprint density at radius 3 is 2.82 bits per heavy atom. The largest absolute Gasteiger partial charge is 0.392 e. The number of aromatic nitrogens is 1. The van der Waals surface area contributed by atoms with Crippen LogP contribution in [0.5, 0.6) is 0 Å². The zero-order valence-corrected chi connectivity index (χ0v) is 13.4. The zero-order chi connectivity index (χ0) is 15.2. The molecule has 22 heavy (non-hydrogen) atoms. The fourth-order valence-corrected chi connectivity index (χ4v) is 4.69. The molecule has 1 aromatic heterocycles. The second-order valence-corrected chi connectivity index (χ2v) is 7.25. The van der Waals surface area contributed by atoms with Gasteiger partial charge in [0.05, 0.1) is 11.6 Å². The van der Waals surface area contributed by atoms with E-state index < -0.39 is 0 Å². The Hall–Kier alpha value is -1.01. The third kappa shape index (κ3) is 2.46. The van der Waals surface area contributed by atoms with Crippen molar-refractivity contribution in [3.63, 3.8) is 0 Å². The van der Waals surface area contributed by atoms with Gasteiger partial charge in [0.25, 0.3) is 0 Å². The first-order chi connectivity index (χ1) is 10.7. The summed E-state index contributed by atoms with van der Waals surface area (Å²) in [6.07, 6.45) is 4.61. The van der Waals surface area contributed by atoms with Gasteiger partial charge in [-0.15, -0.1) is 0 Å². The summed E-state index contributed by atoms with van der Waals surface area (Å²) in [5.74, 6) is 0. The number of pyridine rings is 1. The van der Waals surface area contributed by atoms with Crippen LogP contribution in [0.25, 0.3) is 0 Å². The lowest BCUT2D eigenvalue weighted by Crippen LogP contribution is -2.77. The Morgan fingerprint density at radius 1 is 1.27 bits per heavy atom. The Labute approximate surface area is 132 Å². The van der Waals surface area contributed by atoms with Gasteiger partial charge in [0.2, 0.25) is 0 Å². The summed E-state index contributed by atoms with van der Waals surface area (Å²) < 4.78 is 0. The van der Waals surface area contributed by atoms with Crippen molar-refractivity contribution in [3.05, 3.63) is 30.1 Å². The third-order valence-corrected chi connectivity index (χ3v) is 5.60. The fraction of sp³-hybridized carbons (Fsp3) is 0.706. The number of rotatable bonds is 3. The molecular weight excluding hydrogens is 276 g/mol. The van der Waals surface area contributed by atoms with E-state index in [4.69, 9.17) is 0 Å². The number of hydrogen-bond donors (Lipinski definition) is 1. The molecule has 5 heteroatoms. The van der Waals surface area contributed by atoms with Crippen molar-refractivity contribution in [2.75, 3.05) is 39.3 Å². The summed E-state index contributed by atoms with van der Waals surface area (Å²) in [5.41, 5.74) is 1.55. The summed E-state index contributed by atoms with van der Waals surface area (Å²) in [6.45, 7) is 9.72. The molecule has 0 saturated carbocycles. The van der Waals surface area contributed by atoms with Crippen molar-refractivity contribution in [1.29, 1.82) is 0 Å². The van der Waals surface area contributed by atoms with Crippen LogP contribution in [-0.2, 0) is 6.54 Å². The molecule has 1 aromatic rings. The van der Waals surface area contributed by atoms with E-state index in [0.717, 1.165) is 52.2 Å². The molecule has 0 bridgehead atoms. The molecule has 5 nitrogen and oxygen atoms in total. The maximum absolute atomic E-state index is 10.1. The van der Waals surface area contributed by atoms with E-state index >= 15 is 0 Å². The SMILES string of the molecule is CCN1CC2CC(O)CN2C2(C1)CN(Cc1cccnc1)C2. The van der Waals surface area contributed by atoms with E-state index in [0.29, 0.717) is 6.04 Å². The smallest absolute Gasteiger partial charge is 0.0682 e. The number of likely N-dealkylation sites (tertiary alicyclic amines) is 1. The lowest BCUT2D eigenvalue weighted by atomic mass is 9.83. The summed E-state index contributed by atoms with van der Waals surface area (Å²) in [7, 11) is 0. The summed E-state index contributed by atoms with van der Waals surface area (Å²) in [4.78, 5) is 11.9. The van der Waals surface area contributed by atoms with Crippen LogP contribution in [-0.4, -0.2) is 81.7 Å². The Balaban J connectivity index is 1.45. The predicted molar refractivity (Wildman–Crippen MR) is 85.5 cm³/mol. The van der Waals surface area contributed by atoms with Gasteiger partial charge in [-0.3, -0.25) is 14.8 Å². The molecule has 0 aromatic carbocycles. The van der Waals surface area contributed by atoms with Crippen LogP contribution in [0.15, 0.2) is 24.5 Å². The van der Waals surface area contributed by atoms with E-state index in [1.165, 1.54) is 5.56 Å². The molecule has 3 aliphatic heterocycles. The number of aliphatic hydroxyl groups excluding tert-OH is 1.